The number of para-hydroxylation sites is 1. The third-order valence-electron chi connectivity index (χ3n) is 6.55. The van der Waals surface area contributed by atoms with Crippen LogP contribution < -0.4 is 4.74 Å². The zero-order chi connectivity index (χ0) is 24.2. The zero-order valence-electron chi connectivity index (χ0n) is 19.3. The molecule has 5 nitrogen and oxygen atoms in total. The van der Waals surface area contributed by atoms with Crippen molar-refractivity contribution in [3.05, 3.63) is 91.0 Å². The standard InChI is InChI=1S/C30H19N3O2S/c1-35-30-32-28(21-12-6-7-13-23(21)34)31-29(33-30)22-16-25-27(20-11-5-4-10-19(20)22)26-18-9-3-2-8-17(18)14-15-24(26)36-25/h2-16,34H,1H3. The molecular weight excluding hydrogens is 466 g/mol. The highest BCUT2D eigenvalue weighted by Gasteiger charge is 2.19. The molecule has 2 heterocycles. The molecule has 7 aromatic rings. The number of thiophene rings is 1. The van der Waals surface area contributed by atoms with Gasteiger partial charge in [-0.3, -0.25) is 0 Å². The highest BCUT2D eigenvalue weighted by Crippen LogP contribution is 2.44. The average molecular weight is 486 g/mol. The summed E-state index contributed by atoms with van der Waals surface area (Å²) in [5.41, 5.74) is 1.42. The highest BCUT2D eigenvalue weighted by molar-refractivity contribution is 7.26. The molecule has 36 heavy (non-hydrogen) atoms. The Bertz CT molecular complexity index is 1960. The van der Waals surface area contributed by atoms with Gasteiger partial charge >= 0.3 is 6.01 Å². The van der Waals surface area contributed by atoms with Crippen LogP contribution in [0.2, 0.25) is 0 Å². The predicted molar refractivity (Wildman–Crippen MR) is 147 cm³/mol. The Balaban J connectivity index is 1.58. The molecule has 6 heteroatoms. The Morgan fingerprint density at radius 1 is 0.639 bits per heavy atom. The number of aromatic hydroxyl groups is 1. The normalized spacial score (nSPS) is 11.6. The summed E-state index contributed by atoms with van der Waals surface area (Å²) in [5.74, 6) is 0.968. The van der Waals surface area contributed by atoms with Gasteiger partial charge in [-0.2, -0.15) is 9.97 Å². The Kier molecular flexibility index (Phi) is 4.62. The van der Waals surface area contributed by atoms with Crippen LogP contribution in [0.15, 0.2) is 91.0 Å². The minimum absolute atomic E-state index is 0.105. The number of benzene rings is 5. The van der Waals surface area contributed by atoms with E-state index in [4.69, 9.17) is 9.72 Å². The van der Waals surface area contributed by atoms with Gasteiger partial charge in [0, 0.05) is 25.7 Å². The van der Waals surface area contributed by atoms with Gasteiger partial charge in [0.05, 0.1) is 12.7 Å². The summed E-state index contributed by atoms with van der Waals surface area (Å²) in [6, 6.07) is 30.7. The lowest BCUT2D eigenvalue weighted by Gasteiger charge is -2.11. The van der Waals surface area contributed by atoms with Crippen molar-refractivity contribution in [2.24, 2.45) is 0 Å². The second-order valence-electron chi connectivity index (χ2n) is 8.59. The molecule has 0 aliphatic carbocycles. The van der Waals surface area contributed by atoms with E-state index >= 15 is 0 Å². The zero-order valence-corrected chi connectivity index (χ0v) is 20.1. The number of phenolic OH excluding ortho intramolecular Hbond substituents is 1. The van der Waals surface area contributed by atoms with Crippen molar-refractivity contribution in [3.8, 4) is 34.5 Å². The van der Waals surface area contributed by atoms with Crippen LogP contribution in [0, 0.1) is 0 Å². The summed E-state index contributed by atoms with van der Waals surface area (Å²) in [4.78, 5) is 13.8. The number of methoxy groups -OCH3 is 1. The summed E-state index contributed by atoms with van der Waals surface area (Å²) >= 11 is 1.77. The van der Waals surface area contributed by atoms with E-state index in [2.05, 4.69) is 70.6 Å². The molecule has 0 aliphatic heterocycles. The first-order valence-corrected chi connectivity index (χ1v) is 12.4. The van der Waals surface area contributed by atoms with Crippen molar-refractivity contribution in [1.29, 1.82) is 0 Å². The third kappa shape index (κ3) is 3.12. The predicted octanol–water partition coefficient (Wildman–Crippen LogP) is 7.59. The van der Waals surface area contributed by atoms with Crippen LogP contribution in [0.4, 0.5) is 0 Å². The van der Waals surface area contributed by atoms with Gasteiger partial charge in [-0.05, 0) is 45.8 Å². The molecule has 0 amide bonds. The number of rotatable bonds is 3. The molecule has 172 valence electrons. The van der Waals surface area contributed by atoms with E-state index in [0.29, 0.717) is 17.2 Å². The fourth-order valence-electron chi connectivity index (χ4n) is 4.94. The number of hydrogen-bond donors (Lipinski definition) is 1. The van der Waals surface area contributed by atoms with E-state index in [0.717, 1.165) is 16.3 Å². The number of ether oxygens (including phenoxy) is 1. The lowest BCUT2D eigenvalue weighted by Crippen LogP contribution is -2.01. The van der Waals surface area contributed by atoms with Gasteiger partial charge in [0.15, 0.2) is 11.6 Å². The summed E-state index contributed by atoms with van der Waals surface area (Å²) < 4.78 is 7.84. The van der Waals surface area contributed by atoms with Crippen molar-refractivity contribution in [2.45, 2.75) is 0 Å². The van der Waals surface area contributed by atoms with Crippen LogP contribution in [0.1, 0.15) is 0 Å². The number of aromatic nitrogens is 3. The van der Waals surface area contributed by atoms with E-state index in [-0.39, 0.29) is 11.8 Å². The van der Waals surface area contributed by atoms with E-state index in [1.807, 2.05) is 12.1 Å². The Morgan fingerprint density at radius 2 is 1.31 bits per heavy atom. The highest BCUT2D eigenvalue weighted by atomic mass is 32.1. The number of fused-ring (bicyclic) bond motifs is 7. The quantitative estimate of drug-likeness (QED) is 0.279. The minimum atomic E-state index is 0.105. The van der Waals surface area contributed by atoms with Crippen LogP contribution in [0.25, 0.3) is 64.5 Å². The van der Waals surface area contributed by atoms with Crippen molar-refractivity contribution in [2.75, 3.05) is 7.11 Å². The van der Waals surface area contributed by atoms with E-state index in [1.54, 1.807) is 29.5 Å². The van der Waals surface area contributed by atoms with Crippen molar-refractivity contribution >= 4 is 53.1 Å². The van der Waals surface area contributed by atoms with Crippen LogP contribution in [-0.2, 0) is 0 Å². The summed E-state index contributed by atoms with van der Waals surface area (Å²) in [5, 5.41) is 17.6. The molecular formula is C30H19N3O2S. The number of nitrogens with zero attached hydrogens (tertiary/aromatic N) is 3. The van der Waals surface area contributed by atoms with Gasteiger partial charge in [-0.15, -0.1) is 11.3 Å². The molecule has 0 saturated heterocycles. The third-order valence-corrected chi connectivity index (χ3v) is 7.65. The summed E-state index contributed by atoms with van der Waals surface area (Å²) in [7, 11) is 1.53. The molecule has 0 radical (unpaired) electrons. The fourth-order valence-corrected chi connectivity index (χ4v) is 6.12. The van der Waals surface area contributed by atoms with Crippen molar-refractivity contribution in [1.82, 2.24) is 15.0 Å². The fraction of sp³-hybridized carbons (Fsp3) is 0.0333. The van der Waals surface area contributed by atoms with Crippen LogP contribution in [-0.4, -0.2) is 27.2 Å². The average Bonchev–Trinajstić information content (AvgIpc) is 3.32. The maximum Gasteiger partial charge on any atom is 0.320 e. The van der Waals surface area contributed by atoms with E-state index < -0.39 is 0 Å². The Labute approximate surface area is 210 Å². The molecule has 0 saturated carbocycles. The molecule has 5 aromatic carbocycles. The van der Waals surface area contributed by atoms with Gasteiger partial charge in [-0.1, -0.05) is 66.7 Å². The molecule has 2 aromatic heterocycles. The molecule has 0 spiro atoms. The van der Waals surface area contributed by atoms with Gasteiger partial charge in [0.25, 0.3) is 0 Å². The molecule has 0 fully saturated rings. The SMILES string of the molecule is COc1nc(-c2ccccc2O)nc(-c2cc3sc4ccc5ccccc5c4c3c3ccccc23)n1. The number of phenols is 1. The second-order valence-corrected chi connectivity index (χ2v) is 9.67. The second kappa shape index (κ2) is 8.00. The first-order chi connectivity index (χ1) is 17.7. The van der Waals surface area contributed by atoms with Crippen LogP contribution >= 0.6 is 11.3 Å². The lowest BCUT2D eigenvalue weighted by atomic mass is 9.96. The largest absolute Gasteiger partial charge is 0.507 e. The van der Waals surface area contributed by atoms with Gasteiger partial charge in [-0.25, -0.2) is 4.98 Å². The summed E-state index contributed by atoms with van der Waals surface area (Å²) in [6.07, 6.45) is 0. The number of hydrogen-bond acceptors (Lipinski definition) is 6. The molecule has 0 atom stereocenters. The van der Waals surface area contributed by atoms with Crippen molar-refractivity contribution < 1.29 is 9.84 Å². The molecule has 1 N–H and O–H groups in total. The lowest BCUT2D eigenvalue weighted by molar-refractivity contribution is 0.379. The van der Waals surface area contributed by atoms with Crippen LogP contribution in [0.5, 0.6) is 11.8 Å². The topological polar surface area (TPSA) is 68.1 Å². The molecule has 0 unspecified atom stereocenters. The van der Waals surface area contributed by atoms with E-state index in [9.17, 15) is 5.11 Å². The van der Waals surface area contributed by atoms with Crippen LogP contribution in [0.3, 0.4) is 0 Å². The molecule has 0 aliphatic rings. The monoisotopic (exact) mass is 485 g/mol. The van der Waals surface area contributed by atoms with Crippen molar-refractivity contribution in [3.63, 3.8) is 0 Å². The molecule has 7 rings (SSSR count). The van der Waals surface area contributed by atoms with Gasteiger partial charge in [0.2, 0.25) is 0 Å². The maximum atomic E-state index is 10.4. The first-order valence-electron chi connectivity index (χ1n) is 11.6. The van der Waals surface area contributed by atoms with Gasteiger partial charge in [0.1, 0.15) is 5.75 Å². The maximum absolute atomic E-state index is 10.4. The smallest absolute Gasteiger partial charge is 0.320 e. The minimum Gasteiger partial charge on any atom is -0.507 e. The summed E-state index contributed by atoms with van der Waals surface area (Å²) in [6.45, 7) is 0. The molecule has 0 bridgehead atoms. The Morgan fingerprint density at radius 3 is 2.11 bits per heavy atom. The Hall–Kier alpha value is -4.55. The van der Waals surface area contributed by atoms with E-state index in [1.165, 1.54) is 38.1 Å². The first kappa shape index (κ1) is 20.8. The van der Waals surface area contributed by atoms with Gasteiger partial charge < -0.3 is 9.84 Å².